The van der Waals surface area contributed by atoms with Gasteiger partial charge in [-0.1, -0.05) is 24.3 Å². The molecule has 1 aromatic carbocycles. The Morgan fingerprint density at radius 1 is 1.19 bits per heavy atom. The molecule has 2 N–H and O–H groups in total. The van der Waals surface area contributed by atoms with Crippen LogP contribution in [0.2, 0.25) is 0 Å². The molecule has 0 bridgehead atoms. The Morgan fingerprint density at radius 3 is 2.67 bits per heavy atom. The summed E-state index contributed by atoms with van der Waals surface area (Å²) in [4.78, 5) is 28.5. The molecule has 0 spiro atoms. The summed E-state index contributed by atoms with van der Waals surface area (Å²) in [5.41, 5.74) is 8.31. The van der Waals surface area contributed by atoms with Gasteiger partial charge in [0.1, 0.15) is 11.8 Å². The van der Waals surface area contributed by atoms with Crippen molar-refractivity contribution in [1.29, 1.82) is 0 Å². The number of pyridine rings is 1. The summed E-state index contributed by atoms with van der Waals surface area (Å²) < 4.78 is 5.31. The Kier molecular flexibility index (Phi) is 5.80. The minimum Gasteiger partial charge on any atom is -0.461 e. The Morgan fingerprint density at radius 2 is 1.96 bits per heavy atom. The number of amides is 1. The van der Waals surface area contributed by atoms with Gasteiger partial charge in [-0.3, -0.25) is 14.8 Å². The molecule has 7 nitrogen and oxygen atoms in total. The van der Waals surface area contributed by atoms with Gasteiger partial charge >= 0.3 is 5.97 Å². The van der Waals surface area contributed by atoms with Crippen LogP contribution in [0.3, 0.4) is 0 Å². The minimum absolute atomic E-state index is 0.141. The molecule has 0 saturated heterocycles. The number of anilines is 1. The van der Waals surface area contributed by atoms with E-state index in [9.17, 15) is 9.59 Å². The van der Waals surface area contributed by atoms with Gasteiger partial charge < -0.3 is 10.5 Å². The fourth-order valence-electron chi connectivity index (χ4n) is 2.91. The number of nitrogens with two attached hydrogens (primary N) is 1. The molecule has 7 heteroatoms. The third-order valence-corrected chi connectivity index (χ3v) is 4.25. The van der Waals surface area contributed by atoms with Gasteiger partial charge in [0.15, 0.2) is 0 Å². The lowest BCUT2D eigenvalue weighted by Crippen LogP contribution is -2.39. The van der Waals surface area contributed by atoms with Gasteiger partial charge in [0.2, 0.25) is 5.91 Å². The molecule has 2 aromatic rings. The molecule has 0 saturated carbocycles. The van der Waals surface area contributed by atoms with Gasteiger partial charge in [0.25, 0.3) is 0 Å². The summed E-state index contributed by atoms with van der Waals surface area (Å²) >= 11 is 0. The van der Waals surface area contributed by atoms with E-state index in [1.807, 2.05) is 55.5 Å². The van der Waals surface area contributed by atoms with Gasteiger partial charge in [-0.05, 0) is 44.0 Å². The summed E-state index contributed by atoms with van der Waals surface area (Å²) in [5.74, 6) is -1.05. The first-order chi connectivity index (χ1) is 13.0. The summed E-state index contributed by atoms with van der Waals surface area (Å²) in [7, 11) is 0. The van der Waals surface area contributed by atoms with Crippen LogP contribution in [0.4, 0.5) is 5.69 Å². The highest BCUT2D eigenvalue weighted by Gasteiger charge is 2.35. The van der Waals surface area contributed by atoms with E-state index in [1.54, 1.807) is 0 Å². The van der Waals surface area contributed by atoms with Gasteiger partial charge in [-0.2, -0.15) is 5.10 Å². The number of rotatable bonds is 7. The number of carbonyl (C=O) groups excluding carboxylic acids is 2. The van der Waals surface area contributed by atoms with Gasteiger partial charge in [-0.15, -0.1) is 0 Å². The predicted molar refractivity (Wildman–Crippen MR) is 102 cm³/mol. The molecule has 3 rings (SSSR count). The quantitative estimate of drug-likeness (QED) is 0.597. The van der Waals surface area contributed by atoms with E-state index in [0.717, 1.165) is 17.8 Å². The fourth-order valence-corrected chi connectivity index (χ4v) is 2.91. The molecule has 1 atom stereocenters. The first-order valence-corrected chi connectivity index (χ1v) is 8.85. The predicted octanol–water partition coefficient (Wildman–Crippen LogP) is 1.99. The van der Waals surface area contributed by atoms with Crippen LogP contribution in [0.25, 0.3) is 0 Å². The van der Waals surface area contributed by atoms with Crippen LogP contribution in [0.15, 0.2) is 53.6 Å². The van der Waals surface area contributed by atoms with E-state index in [-0.39, 0.29) is 18.7 Å². The molecule has 2 heterocycles. The highest BCUT2D eigenvalue weighted by molar-refractivity contribution is 6.38. The maximum atomic E-state index is 12.3. The van der Waals surface area contributed by atoms with Crippen LogP contribution in [0.1, 0.15) is 24.2 Å². The van der Waals surface area contributed by atoms with E-state index in [0.29, 0.717) is 12.1 Å². The van der Waals surface area contributed by atoms with Crippen LogP contribution in [0, 0.1) is 6.92 Å². The standard InChI is InChI=1S/C20H22N4O3/c1-14-7-5-8-15(22-14)9-6-12-27-20(26)17-13-18(19(21)25)24(23-17)16-10-3-2-4-11-16/h2-5,7-8,10-11,18H,6,9,12-13H2,1H3,(H2,21,25). The second kappa shape index (κ2) is 8.44. The second-order valence-electron chi connectivity index (χ2n) is 6.36. The van der Waals surface area contributed by atoms with E-state index < -0.39 is 17.9 Å². The molecule has 1 aliphatic rings. The number of aryl methyl sites for hydroxylation is 2. The van der Waals surface area contributed by atoms with Crippen molar-refractivity contribution in [2.75, 3.05) is 11.6 Å². The molecule has 1 aromatic heterocycles. The monoisotopic (exact) mass is 366 g/mol. The molecule has 0 aliphatic carbocycles. The van der Waals surface area contributed by atoms with Crippen molar-refractivity contribution in [3.8, 4) is 0 Å². The van der Waals surface area contributed by atoms with Crippen LogP contribution >= 0.6 is 0 Å². The maximum absolute atomic E-state index is 12.3. The van der Waals surface area contributed by atoms with Crippen LogP contribution < -0.4 is 10.7 Å². The van der Waals surface area contributed by atoms with Gasteiger partial charge in [-0.25, -0.2) is 4.79 Å². The van der Waals surface area contributed by atoms with Crippen molar-refractivity contribution in [1.82, 2.24) is 4.98 Å². The zero-order chi connectivity index (χ0) is 19.2. The number of esters is 1. The largest absolute Gasteiger partial charge is 0.461 e. The first-order valence-electron chi connectivity index (χ1n) is 8.85. The molecule has 27 heavy (non-hydrogen) atoms. The molecule has 1 amide bonds. The topological polar surface area (TPSA) is 97.9 Å². The maximum Gasteiger partial charge on any atom is 0.354 e. The van der Waals surface area contributed by atoms with E-state index in [1.165, 1.54) is 5.01 Å². The normalized spacial score (nSPS) is 16.1. The first kappa shape index (κ1) is 18.6. The lowest BCUT2D eigenvalue weighted by Gasteiger charge is -2.20. The van der Waals surface area contributed by atoms with Crippen molar-refractivity contribution in [3.63, 3.8) is 0 Å². The number of primary amides is 1. The zero-order valence-corrected chi connectivity index (χ0v) is 15.2. The third-order valence-electron chi connectivity index (χ3n) is 4.25. The number of aromatic nitrogens is 1. The van der Waals surface area contributed by atoms with E-state index in [4.69, 9.17) is 10.5 Å². The number of hydrazone groups is 1. The summed E-state index contributed by atoms with van der Waals surface area (Å²) in [5, 5.41) is 5.75. The minimum atomic E-state index is -0.688. The smallest absolute Gasteiger partial charge is 0.354 e. The molecule has 1 unspecified atom stereocenters. The van der Waals surface area contributed by atoms with Crippen molar-refractivity contribution in [2.24, 2.45) is 10.8 Å². The third kappa shape index (κ3) is 4.69. The van der Waals surface area contributed by atoms with E-state index >= 15 is 0 Å². The Bertz CT molecular complexity index is 851. The number of carbonyl (C=O) groups is 2. The van der Waals surface area contributed by atoms with Crippen molar-refractivity contribution in [3.05, 3.63) is 59.9 Å². The molecule has 140 valence electrons. The molecular formula is C20H22N4O3. The average molecular weight is 366 g/mol. The number of hydrogen-bond donors (Lipinski definition) is 1. The molecular weight excluding hydrogens is 344 g/mol. The number of para-hydroxylation sites is 1. The molecule has 1 aliphatic heterocycles. The summed E-state index contributed by atoms with van der Waals surface area (Å²) in [6, 6.07) is 14.3. The fraction of sp³-hybridized carbons (Fsp3) is 0.300. The number of ether oxygens (including phenoxy) is 1. The number of benzene rings is 1. The lowest BCUT2D eigenvalue weighted by atomic mass is 10.1. The highest BCUT2D eigenvalue weighted by Crippen LogP contribution is 2.24. The Balaban J connectivity index is 1.57. The lowest BCUT2D eigenvalue weighted by molar-refractivity contribution is -0.135. The number of nitrogens with zero attached hydrogens (tertiary/aromatic N) is 3. The van der Waals surface area contributed by atoms with Crippen LogP contribution in [-0.2, 0) is 20.7 Å². The summed E-state index contributed by atoms with van der Waals surface area (Å²) in [6.07, 6.45) is 1.53. The van der Waals surface area contributed by atoms with Crippen molar-refractivity contribution < 1.29 is 14.3 Å². The van der Waals surface area contributed by atoms with Gasteiger partial charge in [0.05, 0.1) is 12.3 Å². The highest BCUT2D eigenvalue weighted by atomic mass is 16.5. The van der Waals surface area contributed by atoms with Gasteiger partial charge in [0, 0.05) is 17.8 Å². The molecule has 0 fully saturated rings. The Hall–Kier alpha value is -3.22. The van der Waals surface area contributed by atoms with Crippen molar-refractivity contribution in [2.45, 2.75) is 32.2 Å². The summed E-state index contributed by atoms with van der Waals surface area (Å²) in [6.45, 7) is 2.20. The second-order valence-corrected chi connectivity index (χ2v) is 6.36. The van der Waals surface area contributed by atoms with Crippen LogP contribution in [0.5, 0.6) is 0 Å². The SMILES string of the molecule is Cc1cccc(CCCOC(=O)C2=NN(c3ccccc3)C(C(N)=O)C2)n1. The van der Waals surface area contributed by atoms with Crippen molar-refractivity contribution >= 4 is 23.3 Å². The zero-order valence-electron chi connectivity index (χ0n) is 15.2. The van der Waals surface area contributed by atoms with E-state index in [2.05, 4.69) is 10.1 Å². The Labute approximate surface area is 157 Å². The number of hydrogen-bond acceptors (Lipinski definition) is 6. The van der Waals surface area contributed by atoms with Crippen LogP contribution in [-0.4, -0.2) is 35.2 Å². The molecule has 0 radical (unpaired) electrons. The average Bonchev–Trinajstić information content (AvgIpc) is 3.12.